The van der Waals surface area contributed by atoms with E-state index in [-0.39, 0.29) is 6.04 Å². The Labute approximate surface area is 96.6 Å². The van der Waals surface area contributed by atoms with Gasteiger partial charge in [-0.25, -0.2) is 4.79 Å². The summed E-state index contributed by atoms with van der Waals surface area (Å²) in [4.78, 5) is 11.5. The standard InChI is InChI=1S/C11H22N2O3/c1-10(2,3)16-9(14)13-8-7-12-6-5-11(8,4)15/h8,12,15H,5-7H2,1-4H3,(H,13,14)/t8?,11-/m1/s1. The van der Waals surface area contributed by atoms with E-state index in [4.69, 9.17) is 4.74 Å². The zero-order valence-corrected chi connectivity index (χ0v) is 10.5. The molecule has 1 amide bonds. The summed E-state index contributed by atoms with van der Waals surface area (Å²) in [5.74, 6) is 0. The number of piperidine rings is 1. The number of ether oxygens (including phenoxy) is 1. The van der Waals surface area contributed by atoms with Crippen LogP contribution < -0.4 is 10.6 Å². The monoisotopic (exact) mass is 230 g/mol. The molecule has 1 saturated heterocycles. The van der Waals surface area contributed by atoms with Gasteiger partial charge in [0.1, 0.15) is 5.60 Å². The van der Waals surface area contributed by atoms with E-state index in [1.807, 2.05) is 20.8 Å². The lowest BCUT2D eigenvalue weighted by Gasteiger charge is -2.38. The molecule has 0 bridgehead atoms. The molecule has 1 aliphatic heterocycles. The maximum absolute atomic E-state index is 11.5. The molecule has 5 nitrogen and oxygen atoms in total. The minimum atomic E-state index is -0.873. The molecular weight excluding hydrogens is 208 g/mol. The van der Waals surface area contributed by atoms with Crippen LogP contribution in [0.2, 0.25) is 0 Å². The SMILES string of the molecule is CC(C)(C)OC(=O)NC1CNCC[C@@]1(C)O. The number of amides is 1. The number of carbonyl (C=O) groups is 1. The third-order valence-corrected chi connectivity index (χ3v) is 2.60. The highest BCUT2D eigenvalue weighted by molar-refractivity contribution is 5.68. The summed E-state index contributed by atoms with van der Waals surface area (Å²) in [5.41, 5.74) is -1.39. The molecule has 1 unspecified atom stereocenters. The van der Waals surface area contributed by atoms with Gasteiger partial charge >= 0.3 is 6.09 Å². The van der Waals surface area contributed by atoms with Gasteiger partial charge in [-0.15, -0.1) is 0 Å². The van der Waals surface area contributed by atoms with Crippen LogP contribution in [-0.2, 0) is 4.74 Å². The molecule has 3 N–H and O–H groups in total. The Morgan fingerprint density at radius 1 is 1.56 bits per heavy atom. The van der Waals surface area contributed by atoms with E-state index in [2.05, 4.69) is 10.6 Å². The van der Waals surface area contributed by atoms with Crippen LogP contribution in [0.3, 0.4) is 0 Å². The van der Waals surface area contributed by atoms with E-state index in [0.29, 0.717) is 13.0 Å². The number of nitrogens with one attached hydrogen (secondary N) is 2. The average Bonchev–Trinajstić information content (AvgIpc) is 2.05. The van der Waals surface area contributed by atoms with Crippen molar-refractivity contribution in [1.82, 2.24) is 10.6 Å². The molecule has 0 aromatic heterocycles. The Morgan fingerprint density at radius 3 is 2.69 bits per heavy atom. The normalized spacial score (nSPS) is 30.9. The number of carbonyl (C=O) groups excluding carboxylic acids is 1. The number of rotatable bonds is 1. The summed E-state index contributed by atoms with van der Waals surface area (Å²) in [6, 6.07) is -0.309. The van der Waals surface area contributed by atoms with E-state index in [9.17, 15) is 9.90 Å². The molecule has 0 aromatic carbocycles. The topological polar surface area (TPSA) is 70.6 Å². The molecule has 1 aliphatic rings. The van der Waals surface area contributed by atoms with Gasteiger partial charge in [-0.2, -0.15) is 0 Å². The highest BCUT2D eigenvalue weighted by Gasteiger charge is 2.36. The predicted octanol–water partition coefficient (Wildman–Crippen LogP) is 0.624. The first-order valence-corrected chi connectivity index (χ1v) is 5.63. The van der Waals surface area contributed by atoms with Crippen LogP contribution in [0.25, 0.3) is 0 Å². The molecule has 1 rings (SSSR count). The van der Waals surface area contributed by atoms with Crippen molar-refractivity contribution in [2.75, 3.05) is 13.1 Å². The minimum absolute atomic E-state index is 0.309. The highest BCUT2D eigenvalue weighted by atomic mass is 16.6. The minimum Gasteiger partial charge on any atom is -0.444 e. The lowest BCUT2D eigenvalue weighted by molar-refractivity contribution is -0.0109. The number of hydrogen-bond acceptors (Lipinski definition) is 4. The fraction of sp³-hybridized carbons (Fsp3) is 0.909. The smallest absolute Gasteiger partial charge is 0.408 e. The van der Waals surface area contributed by atoms with E-state index in [0.717, 1.165) is 6.54 Å². The molecule has 1 heterocycles. The Kier molecular flexibility index (Phi) is 3.80. The Balaban J connectivity index is 2.49. The summed E-state index contributed by atoms with van der Waals surface area (Å²) in [5, 5.41) is 15.9. The molecule has 16 heavy (non-hydrogen) atoms. The van der Waals surface area contributed by atoms with Gasteiger partial charge in [-0.1, -0.05) is 0 Å². The number of aliphatic hydroxyl groups is 1. The first kappa shape index (κ1) is 13.3. The van der Waals surface area contributed by atoms with Crippen LogP contribution in [0.1, 0.15) is 34.1 Å². The van der Waals surface area contributed by atoms with Crippen molar-refractivity contribution in [2.24, 2.45) is 0 Å². The molecule has 0 aromatic rings. The zero-order chi connectivity index (χ0) is 12.4. The van der Waals surface area contributed by atoms with Crippen molar-refractivity contribution in [3.8, 4) is 0 Å². The van der Waals surface area contributed by atoms with E-state index >= 15 is 0 Å². The van der Waals surface area contributed by atoms with Crippen molar-refractivity contribution in [1.29, 1.82) is 0 Å². The number of hydrogen-bond donors (Lipinski definition) is 3. The van der Waals surface area contributed by atoms with Crippen molar-refractivity contribution < 1.29 is 14.6 Å². The molecule has 1 fully saturated rings. The van der Waals surface area contributed by atoms with Gasteiger partial charge in [0, 0.05) is 6.54 Å². The molecule has 0 radical (unpaired) electrons. The lowest BCUT2D eigenvalue weighted by atomic mass is 9.90. The molecule has 5 heteroatoms. The molecule has 94 valence electrons. The number of alkyl carbamates (subject to hydrolysis) is 1. The second kappa shape index (κ2) is 4.59. The summed E-state index contributed by atoms with van der Waals surface area (Å²) in [6.45, 7) is 8.49. The van der Waals surface area contributed by atoms with Gasteiger partial charge in [-0.3, -0.25) is 0 Å². The second-order valence-electron chi connectivity index (χ2n) is 5.51. The first-order chi connectivity index (χ1) is 7.21. The third kappa shape index (κ3) is 3.98. The maximum Gasteiger partial charge on any atom is 0.408 e. The van der Waals surface area contributed by atoms with Crippen molar-refractivity contribution in [3.63, 3.8) is 0 Å². The first-order valence-electron chi connectivity index (χ1n) is 5.63. The summed E-state index contributed by atoms with van der Waals surface area (Å²) in [7, 11) is 0. The van der Waals surface area contributed by atoms with Crippen LogP contribution in [0.15, 0.2) is 0 Å². The largest absolute Gasteiger partial charge is 0.444 e. The quantitative estimate of drug-likeness (QED) is 0.617. The van der Waals surface area contributed by atoms with Crippen LogP contribution in [0.4, 0.5) is 4.79 Å². The Morgan fingerprint density at radius 2 is 2.19 bits per heavy atom. The van der Waals surface area contributed by atoms with Crippen molar-refractivity contribution in [3.05, 3.63) is 0 Å². The van der Waals surface area contributed by atoms with Gasteiger partial charge in [0.2, 0.25) is 0 Å². The fourth-order valence-electron chi connectivity index (χ4n) is 1.64. The second-order valence-corrected chi connectivity index (χ2v) is 5.51. The van der Waals surface area contributed by atoms with Gasteiger partial charge < -0.3 is 20.5 Å². The molecular formula is C11H22N2O3. The average molecular weight is 230 g/mol. The van der Waals surface area contributed by atoms with E-state index in [1.165, 1.54) is 0 Å². The fourth-order valence-corrected chi connectivity index (χ4v) is 1.64. The Hall–Kier alpha value is -0.810. The molecule has 2 atom stereocenters. The van der Waals surface area contributed by atoms with E-state index < -0.39 is 17.3 Å². The van der Waals surface area contributed by atoms with Crippen LogP contribution in [0, 0.1) is 0 Å². The molecule has 0 aliphatic carbocycles. The molecule has 0 saturated carbocycles. The predicted molar refractivity (Wildman–Crippen MR) is 61.3 cm³/mol. The van der Waals surface area contributed by atoms with Gasteiger partial charge in [0.15, 0.2) is 0 Å². The highest BCUT2D eigenvalue weighted by Crippen LogP contribution is 2.18. The van der Waals surface area contributed by atoms with Crippen molar-refractivity contribution in [2.45, 2.75) is 51.4 Å². The maximum atomic E-state index is 11.5. The summed E-state index contributed by atoms with van der Waals surface area (Å²) < 4.78 is 5.14. The van der Waals surface area contributed by atoms with Gasteiger partial charge in [0.25, 0.3) is 0 Å². The molecule has 0 spiro atoms. The van der Waals surface area contributed by atoms with Crippen LogP contribution >= 0.6 is 0 Å². The Bertz CT molecular complexity index is 258. The summed E-state index contributed by atoms with van der Waals surface area (Å²) in [6.07, 6.45) is 0.134. The lowest BCUT2D eigenvalue weighted by Crippen LogP contribution is -2.60. The zero-order valence-electron chi connectivity index (χ0n) is 10.5. The third-order valence-electron chi connectivity index (χ3n) is 2.60. The van der Waals surface area contributed by atoms with Gasteiger partial charge in [-0.05, 0) is 40.7 Å². The van der Waals surface area contributed by atoms with Crippen molar-refractivity contribution >= 4 is 6.09 Å². The van der Waals surface area contributed by atoms with Crippen LogP contribution in [-0.4, -0.2) is 41.5 Å². The van der Waals surface area contributed by atoms with E-state index in [1.54, 1.807) is 6.92 Å². The summed E-state index contributed by atoms with van der Waals surface area (Å²) >= 11 is 0. The van der Waals surface area contributed by atoms with Gasteiger partial charge in [0.05, 0.1) is 11.6 Å². The van der Waals surface area contributed by atoms with Crippen LogP contribution in [0.5, 0.6) is 0 Å².